The number of carbonyl (C=O) groups is 1. The summed E-state index contributed by atoms with van der Waals surface area (Å²) < 4.78 is 5.92. The van der Waals surface area contributed by atoms with Gasteiger partial charge in [-0.2, -0.15) is 0 Å². The van der Waals surface area contributed by atoms with Gasteiger partial charge in [-0.15, -0.1) is 0 Å². The molecule has 0 bridgehead atoms. The summed E-state index contributed by atoms with van der Waals surface area (Å²) in [5.74, 6) is -1.44. The first kappa shape index (κ1) is 15.3. The van der Waals surface area contributed by atoms with Gasteiger partial charge in [0, 0.05) is 6.07 Å². The van der Waals surface area contributed by atoms with Crippen molar-refractivity contribution in [3.05, 3.63) is 67.9 Å². The summed E-state index contributed by atoms with van der Waals surface area (Å²) in [7, 11) is 1.14. The molecule has 2 aromatic heterocycles. The number of carbonyl (C=O) groups excluding carboxylic acids is 1. The van der Waals surface area contributed by atoms with Gasteiger partial charge in [0.15, 0.2) is 0 Å². The molecular weight excluding hydrogens is 342 g/mol. The van der Waals surface area contributed by atoms with Crippen molar-refractivity contribution in [1.29, 1.82) is 0 Å². The first-order chi connectivity index (χ1) is 12.0. The number of hydrogen-bond acceptors (Lipinski definition) is 6. The van der Waals surface area contributed by atoms with E-state index in [4.69, 9.17) is 0 Å². The third kappa shape index (κ3) is 2.20. The fourth-order valence-corrected chi connectivity index (χ4v) is 3.88. The Balaban J connectivity index is 2.32. The van der Waals surface area contributed by atoms with Crippen LogP contribution in [0.1, 0.15) is 10.4 Å². The van der Waals surface area contributed by atoms with Gasteiger partial charge in [-0.1, -0.05) is 35.6 Å². The van der Waals surface area contributed by atoms with E-state index in [1.165, 1.54) is 0 Å². The Morgan fingerprint density at radius 1 is 1.12 bits per heavy atom. The lowest BCUT2D eigenvalue weighted by molar-refractivity contribution is 0.0599. The van der Waals surface area contributed by atoms with Gasteiger partial charge in [0.1, 0.15) is 16.8 Å². The van der Waals surface area contributed by atoms with Crippen LogP contribution in [0.15, 0.2) is 52.1 Å². The molecule has 0 aliphatic rings. The molecule has 0 fully saturated rings. The van der Waals surface area contributed by atoms with Crippen LogP contribution in [0.5, 0.6) is 5.75 Å². The normalized spacial score (nSPS) is 11.2. The van der Waals surface area contributed by atoms with Crippen LogP contribution in [0.2, 0.25) is 0 Å². The minimum Gasteiger partial charge on any atom is -0.507 e. The van der Waals surface area contributed by atoms with E-state index in [0.29, 0.717) is 10.2 Å². The van der Waals surface area contributed by atoms with E-state index < -0.39 is 22.0 Å². The Bertz CT molecular complexity index is 1300. The van der Waals surface area contributed by atoms with Crippen LogP contribution in [-0.2, 0) is 4.74 Å². The molecule has 6 nitrogen and oxygen atoms in total. The molecule has 0 saturated carbocycles. The molecule has 0 atom stereocenters. The largest absolute Gasteiger partial charge is 0.507 e. The molecule has 0 aliphatic carbocycles. The summed E-state index contributed by atoms with van der Waals surface area (Å²) >= 11 is 0.911. The van der Waals surface area contributed by atoms with Crippen LogP contribution in [0.4, 0.5) is 0 Å². The highest BCUT2D eigenvalue weighted by molar-refractivity contribution is 7.16. The monoisotopic (exact) mass is 353 g/mol. The molecule has 2 aromatic carbocycles. The first-order valence-corrected chi connectivity index (χ1v) is 8.15. The molecule has 25 heavy (non-hydrogen) atoms. The Morgan fingerprint density at radius 2 is 1.80 bits per heavy atom. The molecule has 0 unspecified atom stereocenters. The second-order valence-electron chi connectivity index (χ2n) is 5.48. The molecule has 1 N–H and O–H groups in total. The van der Waals surface area contributed by atoms with Crippen molar-refractivity contribution in [2.75, 3.05) is 7.11 Å². The van der Waals surface area contributed by atoms with Gasteiger partial charge in [0.05, 0.1) is 17.3 Å². The summed E-state index contributed by atoms with van der Waals surface area (Å²) in [6.45, 7) is 0. The van der Waals surface area contributed by atoms with Gasteiger partial charge in [0.2, 0.25) is 0 Å². The lowest BCUT2D eigenvalue weighted by atomic mass is 10.1. The number of ether oxygens (including phenoxy) is 1. The van der Waals surface area contributed by atoms with Crippen molar-refractivity contribution in [2.24, 2.45) is 0 Å². The van der Waals surface area contributed by atoms with Crippen molar-refractivity contribution >= 4 is 43.8 Å². The van der Waals surface area contributed by atoms with Crippen LogP contribution in [-0.4, -0.2) is 22.6 Å². The minimum absolute atomic E-state index is 0.176. The quantitative estimate of drug-likeness (QED) is 0.323. The molecular formula is C18H11NO5S. The minimum atomic E-state index is -0.876. The SMILES string of the molecule is COC(=O)c1c(O)cc(=O)n2c1c(=O)sc1cc3ccccc3cc12. The fraction of sp³-hybridized carbons (Fsp3) is 0.0556. The summed E-state index contributed by atoms with van der Waals surface area (Å²) in [6, 6.07) is 12.1. The molecule has 0 spiro atoms. The molecule has 4 rings (SSSR count). The molecule has 124 valence electrons. The van der Waals surface area contributed by atoms with Gasteiger partial charge in [0.25, 0.3) is 10.3 Å². The summed E-state index contributed by atoms with van der Waals surface area (Å²) in [6.07, 6.45) is 0. The number of rotatable bonds is 1. The lowest BCUT2D eigenvalue weighted by Crippen LogP contribution is -2.21. The van der Waals surface area contributed by atoms with E-state index in [1.807, 2.05) is 30.3 Å². The number of nitrogens with zero attached hydrogens (tertiary/aromatic N) is 1. The third-order valence-corrected chi connectivity index (χ3v) is 4.98. The Morgan fingerprint density at radius 3 is 2.48 bits per heavy atom. The first-order valence-electron chi connectivity index (χ1n) is 7.34. The van der Waals surface area contributed by atoms with E-state index in [1.54, 1.807) is 6.07 Å². The van der Waals surface area contributed by atoms with Crippen molar-refractivity contribution in [2.45, 2.75) is 0 Å². The number of esters is 1. The zero-order valence-electron chi connectivity index (χ0n) is 13.0. The van der Waals surface area contributed by atoms with Gasteiger partial charge in [-0.25, -0.2) is 4.79 Å². The number of pyridine rings is 1. The number of fused-ring (bicyclic) bond motifs is 4. The van der Waals surface area contributed by atoms with E-state index in [-0.39, 0.29) is 11.1 Å². The van der Waals surface area contributed by atoms with Gasteiger partial charge < -0.3 is 9.84 Å². The highest BCUT2D eigenvalue weighted by Crippen LogP contribution is 2.27. The third-order valence-electron chi connectivity index (χ3n) is 4.05. The van der Waals surface area contributed by atoms with Crippen molar-refractivity contribution in [3.63, 3.8) is 0 Å². The molecule has 0 radical (unpaired) electrons. The summed E-state index contributed by atoms with van der Waals surface area (Å²) in [5, 5.41) is 11.8. The topological polar surface area (TPSA) is 85.1 Å². The zero-order chi connectivity index (χ0) is 17.7. The Labute approximate surface area is 144 Å². The standard InChI is InChI=1S/C18H11NO5S/c1-24-17(22)15-12(20)8-14(21)19-11-6-9-4-2-3-5-10(9)7-13(11)25-18(23)16(15)19/h2-8,20H,1H3. The van der Waals surface area contributed by atoms with E-state index in [9.17, 15) is 19.5 Å². The fourth-order valence-electron chi connectivity index (χ4n) is 2.94. The maximum Gasteiger partial charge on any atom is 0.343 e. The average molecular weight is 353 g/mol. The van der Waals surface area contributed by atoms with Crippen LogP contribution >= 0.6 is 11.3 Å². The predicted octanol–water partition coefficient (Wildman–Crippen LogP) is 2.52. The van der Waals surface area contributed by atoms with Gasteiger partial charge in [-0.05, 0) is 22.9 Å². The Hall–Kier alpha value is -3.19. The maximum atomic E-state index is 12.6. The van der Waals surface area contributed by atoms with Crippen LogP contribution < -0.4 is 10.3 Å². The smallest absolute Gasteiger partial charge is 0.343 e. The number of methoxy groups -OCH3 is 1. The molecule has 0 saturated heterocycles. The molecule has 2 heterocycles. The number of benzene rings is 2. The number of aromatic hydroxyl groups is 1. The maximum absolute atomic E-state index is 12.6. The molecule has 0 aliphatic heterocycles. The summed E-state index contributed by atoms with van der Waals surface area (Å²) in [5.41, 5.74) is -0.582. The number of aromatic nitrogens is 1. The molecule has 0 amide bonds. The average Bonchev–Trinajstić information content (AvgIpc) is 2.59. The van der Waals surface area contributed by atoms with E-state index >= 15 is 0 Å². The zero-order valence-corrected chi connectivity index (χ0v) is 13.8. The van der Waals surface area contributed by atoms with E-state index in [2.05, 4.69) is 4.74 Å². The summed E-state index contributed by atoms with van der Waals surface area (Å²) in [4.78, 5) is 37.1. The molecule has 7 heteroatoms. The molecule has 4 aromatic rings. The second-order valence-corrected chi connectivity index (χ2v) is 6.49. The van der Waals surface area contributed by atoms with Gasteiger partial charge in [-0.3, -0.25) is 14.0 Å². The van der Waals surface area contributed by atoms with Crippen LogP contribution in [0, 0.1) is 0 Å². The van der Waals surface area contributed by atoms with Crippen LogP contribution in [0.25, 0.3) is 26.5 Å². The number of hydrogen-bond donors (Lipinski definition) is 1. The predicted molar refractivity (Wildman–Crippen MR) is 95.8 cm³/mol. The van der Waals surface area contributed by atoms with Crippen LogP contribution in [0.3, 0.4) is 0 Å². The lowest BCUT2D eigenvalue weighted by Gasteiger charge is -2.10. The second kappa shape index (κ2) is 5.42. The highest BCUT2D eigenvalue weighted by Gasteiger charge is 2.22. The Kier molecular flexibility index (Phi) is 3.33. The van der Waals surface area contributed by atoms with Crippen molar-refractivity contribution in [1.82, 2.24) is 4.40 Å². The van der Waals surface area contributed by atoms with Crippen molar-refractivity contribution < 1.29 is 14.6 Å². The van der Waals surface area contributed by atoms with Gasteiger partial charge >= 0.3 is 5.97 Å². The van der Waals surface area contributed by atoms with E-state index in [0.717, 1.165) is 39.7 Å². The highest BCUT2D eigenvalue weighted by atomic mass is 32.1. The van der Waals surface area contributed by atoms with Crippen molar-refractivity contribution in [3.8, 4) is 5.75 Å².